The number of aliphatic hydroxyl groups excluding tert-OH is 1. The summed E-state index contributed by atoms with van der Waals surface area (Å²) in [6.07, 6.45) is 0.322. The number of aldehydes is 1. The van der Waals surface area contributed by atoms with Crippen molar-refractivity contribution in [2.75, 3.05) is 7.05 Å². The third-order valence-corrected chi connectivity index (χ3v) is 4.30. The maximum Gasteiger partial charge on any atom is 0.265 e. The molecule has 16 heavy (non-hydrogen) atoms. The number of fused-ring (bicyclic) bond motifs is 1. The maximum atomic E-state index is 11.9. The fourth-order valence-corrected chi connectivity index (χ4v) is 2.96. The third-order valence-electron chi connectivity index (χ3n) is 2.47. The summed E-state index contributed by atoms with van der Waals surface area (Å²) >= 11 is 0. The van der Waals surface area contributed by atoms with E-state index < -0.39 is 10.0 Å². The molecular weight excluding hydrogens is 230 g/mol. The lowest BCUT2D eigenvalue weighted by molar-refractivity contribution is -0.105. The number of likely N-dealkylation sites (N-methyl/N-ethyl adjacent to an activating group) is 1. The van der Waals surface area contributed by atoms with Crippen LogP contribution in [0.2, 0.25) is 0 Å². The van der Waals surface area contributed by atoms with Crippen LogP contribution in [-0.2, 0) is 14.8 Å². The molecule has 1 heterocycles. The minimum absolute atomic E-state index is 0.000556. The van der Waals surface area contributed by atoms with Gasteiger partial charge >= 0.3 is 0 Å². The summed E-state index contributed by atoms with van der Waals surface area (Å²) in [6.45, 7) is 0. The van der Waals surface area contributed by atoms with Gasteiger partial charge in [-0.15, -0.1) is 0 Å². The Balaban J connectivity index is 2.87. The minimum atomic E-state index is -3.73. The van der Waals surface area contributed by atoms with Crippen molar-refractivity contribution in [3.63, 3.8) is 0 Å². The topological polar surface area (TPSA) is 74.7 Å². The quantitative estimate of drug-likeness (QED) is 0.734. The van der Waals surface area contributed by atoms with Gasteiger partial charge in [-0.25, -0.2) is 8.42 Å². The van der Waals surface area contributed by atoms with Gasteiger partial charge in [0.2, 0.25) is 0 Å². The largest absolute Gasteiger partial charge is 0.505 e. The Morgan fingerprint density at radius 3 is 2.56 bits per heavy atom. The highest BCUT2D eigenvalue weighted by molar-refractivity contribution is 7.89. The summed E-state index contributed by atoms with van der Waals surface area (Å²) < 4.78 is 24.7. The standard InChI is InChI=1S/C10H9NO4S/c1-11-8(6-12)10(13)7-4-2-3-5-9(7)16(11,14)15/h2-6,13H,1H3. The van der Waals surface area contributed by atoms with Crippen LogP contribution in [0.3, 0.4) is 0 Å². The molecule has 0 unspecified atom stereocenters. The summed E-state index contributed by atoms with van der Waals surface area (Å²) in [6, 6.07) is 6.00. The van der Waals surface area contributed by atoms with E-state index in [1.54, 1.807) is 12.1 Å². The maximum absolute atomic E-state index is 11.9. The van der Waals surface area contributed by atoms with E-state index in [-0.39, 0.29) is 21.9 Å². The highest BCUT2D eigenvalue weighted by Gasteiger charge is 2.33. The van der Waals surface area contributed by atoms with E-state index in [2.05, 4.69) is 0 Å². The Labute approximate surface area is 92.7 Å². The molecule has 0 aromatic heterocycles. The average molecular weight is 239 g/mol. The Hall–Kier alpha value is -1.82. The predicted octanol–water partition coefficient (Wildman–Crippen LogP) is 0.746. The fraction of sp³-hybridized carbons (Fsp3) is 0.100. The van der Waals surface area contributed by atoms with Crippen LogP contribution in [0, 0.1) is 0 Å². The molecule has 1 aromatic carbocycles. The molecule has 0 aliphatic carbocycles. The molecule has 0 saturated carbocycles. The minimum Gasteiger partial charge on any atom is -0.505 e. The molecule has 84 valence electrons. The van der Waals surface area contributed by atoms with E-state index >= 15 is 0 Å². The summed E-state index contributed by atoms with van der Waals surface area (Å²) in [4.78, 5) is 10.8. The molecule has 0 amide bonds. The van der Waals surface area contributed by atoms with Crippen molar-refractivity contribution in [3.8, 4) is 0 Å². The highest BCUT2D eigenvalue weighted by Crippen LogP contribution is 2.33. The van der Waals surface area contributed by atoms with Crippen molar-refractivity contribution in [1.82, 2.24) is 4.31 Å². The predicted molar refractivity (Wildman–Crippen MR) is 57.0 cm³/mol. The van der Waals surface area contributed by atoms with Gasteiger partial charge in [-0.05, 0) is 12.1 Å². The number of rotatable bonds is 1. The van der Waals surface area contributed by atoms with Crippen molar-refractivity contribution < 1.29 is 18.3 Å². The second kappa shape index (κ2) is 3.34. The molecule has 2 rings (SSSR count). The molecule has 0 spiro atoms. The monoisotopic (exact) mass is 239 g/mol. The molecule has 1 aliphatic heterocycles. The number of sulfonamides is 1. The molecule has 1 N–H and O–H groups in total. The molecule has 0 fully saturated rings. The zero-order valence-corrected chi connectivity index (χ0v) is 9.23. The van der Waals surface area contributed by atoms with Gasteiger partial charge in [-0.3, -0.25) is 9.10 Å². The normalized spacial score (nSPS) is 18.2. The Morgan fingerprint density at radius 2 is 1.94 bits per heavy atom. The number of aliphatic hydroxyl groups is 1. The SMILES string of the molecule is CN1C(C=O)=C(O)c2ccccc2S1(=O)=O. The van der Waals surface area contributed by atoms with Crippen LogP contribution in [0.1, 0.15) is 5.56 Å². The number of hydrogen-bond acceptors (Lipinski definition) is 4. The fourth-order valence-electron chi connectivity index (χ4n) is 1.58. The lowest BCUT2D eigenvalue weighted by Crippen LogP contribution is -2.32. The first kappa shape index (κ1) is 10.7. The molecule has 0 radical (unpaired) electrons. The molecule has 5 nitrogen and oxygen atoms in total. The van der Waals surface area contributed by atoms with Crippen LogP contribution in [0.4, 0.5) is 0 Å². The van der Waals surface area contributed by atoms with Crippen molar-refractivity contribution in [1.29, 1.82) is 0 Å². The summed E-state index contributed by atoms with van der Waals surface area (Å²) in [5.41, 5.74) is -0.0959. The van der Waals surface area contributed by atoms with E-state index in [1.807, 2.05) is 0 Å². The molecule has 1 aliphatic rings. The number of benzene rings is 1. The second-order valence-electron chi connectivity index (χ2n) is 3.32. The van der Waals surface area contributed by atoms with Gasteiger partial charge < -0.3 is 5.11 Å². The highest BCUT2D eigenvalue weighted by atomic mass is 32.2. The first-order valence-corrected chi connectivity index (χ1v) is 5.91. The van der Waals surface area contributed by atoms with Gasteiger partial charge in [0.05, 0.1) is 4.90 Å². The van der Waals surface area contributed by atoms with Gasteiger partial charge in [0, 0.05) is 12.6 Å². The third kappa shape index (κ3) is 1.23. The number of carbonyl (C=O) groups is 1. The van der Waals surface area contributed by atoms with Crippen LogP contribution in [0.5, 0.6) is 0 Å². The summed E-state index contributed by atoms with van der Waals surface area (Å²) in [5, 5.41) is 9.77. The van der Waals surface area contributed by atoms with Gasteiger partial charge in [0.25, 0.3) is 10.0 Å². The number of nitrogens with zero attached hydrogens (tertiary/aromatic N) is 1. The Bertz CT molecular complexity index is 589. The molecule has 6 heteroatoms. The molecule has 0 atom stereocenters. The second-order valence-corrected chi connectivity index (χ2v) is 5.26. The van der Waals surface area contributed by atoms with Crippen molar-refractivity contribution >= 4 is 22.1 Å². The zero-order chi connectivity index (χ0) is 11.9. The number of carbonyl (C=O) groups excluding carboxylic acids is 1. The van der Waals surface area contributed by atoms with Gasteiger partial charge in [0.1, 0.15) is 5.70 Å². The van der Waals surface area contributed by atoms with E-state index in [4.69, 9.17) is 0 Å². The number of allylic oxidation sites excluding steroid dienone is 1. The smallest absolute Gasteiger partial charge is 0.265 e. The van der Waals surface area contributed by atoms with Crippen molar-refractivity contribution in [2.45, 2.75) is 4.90 Å². The van der Waals surface area contributed by atoms with Crippen LogP contribution in [0.15, 0.2) is 34.9 Å². The van der Waals surface area contributed by atoms with Gasteiger partial charge in [0.15, 0.2) is 12.0 Å². The average Bonchev–Trinajstić information content (AvgIpc) is 2.28. The van der Waals surface area contributed by atoms with E-state index in [9.17, 15) is 18.3 Å². The molecule has 0 saturated heterocycles. The van der Waals surface area contributed by atoms with Crippen molar-refractivity contribution in [3.05, 3.63) is 35.5 Å². The molecular formula is C10H9NO4S. The number of hydrogen-bond donors (Lipinski definition) is 1. The van der Waals surface area contributed by atoms with Crippen LogP contribution >= 0.6 is 0 Å². The van der Waals surface area contributed by atoms with E-state index in [0.717, 1.165) is 4.31 Å². The zero-order valence-electron chi connectivity index (χ0n) is 8.41. The molecule has 1 aromatic rings. The van der Waals surface area contributed by atoms with Crippen LogP contribution in [-0.4, -0.2) is 31.2 Å². The summed E-state index contributed by atoms with van der Waals surface area (Å²) in [7, 11) is -2.50. The van der Waals surface area contributed by atoms with E-state index in [1.165, 1.54) is 19.2 Å². The molecule has 0 bridgehead atoms. The van der Waals surface area contributed by atoms with Crippen molar-refractivity contribution in [2.24, 2.45) is 0 Å². The van der Waals surface area contributed by atoms with Gasteiger partial charge in [-0.1, -0.05) is 12.1 Å². The first-order valence-electron chi connectivity index (χ1n) is 4.47. The lowest BCUT2D eigenvalue weighted by atomic mass is 10.1. The van der Waals surface area contributed by atoms with Crippen LogP contribution < -0.4 is 0 Å². The first-order chi connectivity index (χ1) is 7.50. The van der Waals surface area contributed by atoms with Gasteiger partial charge in [-0.2, -0.15) is 0 Å². The Morgan fingerprint density at radius 1 is 1.31 bits per heavy atom. The Kier molecular flexibility index (Phi) is 2.23. The lowest BCUT2D eigenvalue weighted by Gasteiger charge is -2.26. The summed E-state index contributed by atoms with van der Waals surface area (Å²) in [5.74, 6) is -0.317. The van der Waals surface area contributed by atoms with E-state index in [0.29, 0.717) is 6.29 Å². The van der Waals surface area contributed by atoms with Crippen LogP contribution in [0.25, 0.3) is 5.76 Å².